The van der Waals surface area contributed by atoms with Crippen molar-refractivity contribution in [3.05, 3.63) is 78.0 Å². The first kappa shape index (κ1) is 18.0. The first-order valence-electron chi connectivity index (χ1n) is 8.79. The van der Waals surface area contributed by atoms with E-state index in [0.29, 0.717) is 0 Å². The highest BCUT2D eigenvalue weighted by Gasteiger charge is 2.13. The van der Waals surface area contributed by atoms with Crippen molar-refractivity contribution in [2.75, 3.05) is 0 Å². The van der Waals surface area contributed by atoms with Crippen LogP contribution in [-0.4, -0.2) is 30.6 Å². The Kier molecular flexibility index (Phi) is 5.20. The van der Waals surface area contributed by atoms with Crippen LogP contribution in [0.1, 0.15) is 24.2 Å². The molecule has 0 saturated heterocycles. The van der Waals surface area contributed by atoms with E-state index >= 15 is 0 Å². The summed E-state index contributed by atoms with van der Waals surface area (Å²) in [6.45, 7) is 1.96. The number of rotatable bonds is 6. The fourth-order valence-corrected chi connectivity index (χ4v) is 3.59. The molecule has 28 heavy (non-hydrogen) atoms. The van der Waals surface area contributed by atoms with E-state index in [4.69, 9.17) is 0 Å². The van der Waals surface area contributed by atoms with Gasteiger partial charge in [-0.3, -0.25) is 9.78 Å². The third kappa shape index (κ3) is 4.12. The minimum Gasteiger partial charge on any atom is -0.349 e. The maximum atomic E-state index is 12.4. The van der Waals surface area contributed by atoms with E-state index in [1.54, 1.807) is 17.2 Å². The molecule has 8 heteroatoms. The highest BCUT2D eigenvalue weighted by Crippen LogP contribution is 2.22. The van der Waals surface area contributed by atoms with Crippen LogP contribution < -0.4 is 5.32 Å². The van der Waals surface area contributed by atoms with Crippen LogP contribution in [0, 0.1) is 0 Å². The maximum Gasteiger partial charge on any atom is 0.226 e. The van der Waals surface area contributed by atoms with E-state index in [2.05, 4.69) is 25.4 Å². The highest BCUT2D eigenvalue weighted by atomic mass is 32.1. The van der Waals surface area contributed by atoms with E-state index in [0.717, 1.165) is 27.6 Å². The Morgan fingerprint density at radius 3 is 2.79 bits per heavy atom. The molecule has 1 aromatic carbocycles. The molecule has 1 amide bonds. The quantitative estimate of drug-likeness (QED) is 0.546. The van der Waals surface area contributed by atoms with Crippen LogP contribution in [0.15, 0.2) is 66.7 Å². The van der Waals surface area contributed by atoms with Crippen LogP contribution >= 0.6 is 11.3 Å². The van der Waals surface area contributed by atoms with Gasteiger partial charge in [-0.05, 0) is 36.8 Å². The van der Waals surface area contributed by atoms with Crippen molar-refractivity contribution in [2.24, 2.45) is 0 Å². The number of amides is 1. The largest absolute Gasteiger partial charge is 0.349 e. The van der Waals surface area contributed by atoms with E-state index in [-0.39, 0.29) is 18.4 Å². The van der Waals surface area contributed by atoms with Gasteiger partial charge >= 0.3 is 0 Å². The van der Waals surface area contributed by atoms with Crippen molar-refractivity contribution >= 4 is 17.2 Å². The first-order chi connectivity index (χ1) is 13.7. The van der Waals surface area contributed by atoms with Gasteiger partial charge in [-0.15, -0.1) is 11.3 Å². The van der Waals surface area contributed by atoms with Gasteiger partial charge in [0.15, 0.2) is 0 Å². The molecule has 3 aromatic heterocycles. The second-order valence-corrected chi connectivity index (χ2v) is 7.11. The molecule has 0 aliphatic heterocycles. The van der Waals surface area contributed by atoms with Crippen LogP contribution in [0.25, 0.3) is 16.4 Å². The van der Waals surface area contributed by atoms with Crippen molar-refractivity contribution < 1.29 is 4.79 Å². The maximum absolute atomic E-state index is 12.4. The van der Waals surface area contributed by atoms with Gasteiger partial charge in [0, 0.05) is 11.6 Å². The summed E-state index contributed by atoms with van der Waals surface area (Å²) in [6, 6.07) is 13.4. The van der Waals surface area contributed by atoms with Gasteiger partial charge in [0.1, 0.15) is 17.7 Å². The number of nitrogens with zero attached hydrogens (tertiary/aromatic N) is 5. The highest BCUT2D eigenvalue weighted by molar-refractivity contribution is 7.13. The minimum atomic E-state index is -0.105. The summed E-state index contributed by atoms with van der Waals surface area (Å²) in [5.74, 6) is -0.0641. The SMILES string of the molecule is CC(NC(=O)Cc1csc(-c2ccccn2)n1)c1ccc(-n2cncn2)cc1. The summed E-state index contributed by atoms with van der Waals surface area (Å²) < 4.78 is 1.69. The molecule has 140 valence electrons. The van der Waals surface area contributed by atoms with Crippen LogP contribution in [0.3, 0.4) is 0 Å². The number of hydrogen-bond donors (Lipinski definition) is 1. The molecule has 3 heterocycles. The van der Waals surface area contributed by atoms with Crippen LogP contribution in [-0.2, 0) is 11.2 Å². The second kappa shape index (κ2) is 8.10. The number of nitrogens with one attached hydrogen (secondary N) is 1. The standard InChI is InChI=1S/C20H18N6OS/c1-14(15-5-7-17(8-6-15)26-13-21-12-23-26)24-19(27)10-16-11-28-20(25-16)18-4-2-3-9-22-18/h2-9,11-14H,10H2,1H3,(H,24,27). The Labute approximate surface area is 166 Å². The van der Waals surface area contributed by atoms with Crippen LogP contribution in [0.2, 0.25) is 0 Å². The lowest BCUT2D eigenvalue weighted by Gasteiger charge is -2.14. The van der Waals surface area contributed by atoms with Gasteiger partial charge in [-0.1, -0.05) is 18.2 Å². The molecule has 4 rings (SSSR count). The number of pyridine rings is 1. The molecular formula is C20H18N6OS. The van der Waals surface area contributed by atoms with E-state index in [1.165, 1.54) is 17.7 Å². The molecule has 0 radical (unpaired) electrons. The summed E-state index contributed by atoms with van der Waals surface area (Å²) in [4.78, 5) is 25.2. The topological polar surface area (TPSA) is 85.6 Å². The molecule has 0 aliphatic carbocycles. The zero-order valence-electron chi connectivity index (χ0n) is 15.2. The first-order valence-corrected chi connectivity index (χ1v) is 9.67. The van der Waals surface area contributed by atoms with Gasteiger partial charge in [-0.25, -0.2) is 14.6 Å². The van der Waals surface area contributed by atoms with Gasteiger partial charge in [0.05, 0.1) is 29.5 Å². The zero-order chi connectivity index (χ0) is 19.3. The number of hydrogen-bond acceptors (Lipinski definition) is 6. The van der Waals surface area contributed by atoms with Crippen molar-refractivity contribution in [1.82, 2.24) is 30.0 Å². The molecule has 0 bridgehead atoms. The third-order valence-electron chi connectivity index (χ3n) is 4.23. The average molecular weight is 390 g/mol. The van der Waals surface area contributed by atoms with Crippen LogP contribution in [0.5, 0.6) is 0 Å². The number of benzene rings is 1. The summed E-state index contributed by atoms with van der Waals surface area (Å²) in [7, 11) is 0. The Morgan fingerprint density at radius 1 is 1.21 bits per heavy atom. The molecule has 1 N–H and O–H groups in total. The number of carbonyl (C=O) groups is 1. The van der Waals surface area contributed by atoms with Crippen LogP contribution in [0.4, 0.5) is 0 Å². The number of thiazole rings is 1. The Morgan fingerprint density at radius 2 is 2.07 bits per heavy atom. The summed E-state index contributed by atoms with van der Waals surface area (Å²) >= 11 is 1.49. The van der Waals surface area contributed by atoms with Crippen molar-refractivity contribution in [2.45, 2.75) is 19.4 Å². The van der Waals surface area contributed by atoms with E-state index < -0.39 is 0 Å². The van der Waals surface area contributed by atoms with Gasteiger partial charge in [0.2, 0.25) is 5.91 Å². The Hall–Kier alpha value is -3.39. The van der Waals surface area contributed by atoms with E-state index in [1.807, 2.05) is 54.8 Å². The zero-order valence-corrected chi connectivity index (χ0v) is 16.0. The van der Waals surface area contributed by atoms with Crippen molar-refractivity contribution in [3.63, 3.8) is 0 Å². The number of aromatic nitrogens is 5. The van der Waals surface area contributed by atoms with Gasteiger partial charge in [0.25, 0.3) is 0 Å². The summed E-state index contributed by atoms with van der Waals surface area (Å²) in [5, 5.41) is 9.85. The Bertz CT molecular complexity index is 1040. The Balaban J connectivity index is 1.36. The lowest BCUT2D eigenvalue weighted by atomic mass is 10.1. The van der Waals surface area contributed by atoms with Gasteiger partial charge < -0.3 is 5.32 Å². The molecule has 4 aromatic rings. The van der Waals surface area contributed by atoms with Crippen molar-refractivity contribution in [3.8, 4) is 16.4 Å². The lowest BCUT2D eigenvalue weighted by molar-refractivity contribution is -0.121. The smallest absolute Gasteiger partial charge is 0.226 e. The molecule has 0 fully saturated rings. The molecule has 0 saturated carbocycles. The third-order valence-corrected chi connectivity index (χ3v) is 5.14. The summed E-state index contributed by atoms with van der Waals surface area (Å²) in [6.07, 6.45) is 5.12. The average Bonchev–Trinajstić information content (AvgIpc) is 3.41. The molecule has 0 aliphatic rings. The predicted molar refractivity (Wildman–Crippen MR) is 107 cm³/mol. The monoisotopic (exact) mass is 390 g/mol. The molecule has 0 spiro atoms. The fourth-order valence-electron chi connectivity index (χ4n) is 2.79. The van der Waals surface area contributed by atoms with Gasteiger partial charge in [-0.2, -0.15) is 5.10 Å². The second-order valence-electron chi connectivity index (χ2n) is 6.26. The molecular weight excluding hydrogens is 372 g/mol. The minimum absolute atomic E-state index is 0.0641. The molecule has 1 atom stereocenters. The van der Waals surface area contributed by atoms with Crippen molar-refractivity contribution in [1.29, 1.82) is 0 Å². The summed E-state index contributed by atoms with van der Waals surface area (Å²) in [5.41, 5.74) is 3.51. The fraction of sp³-hybridized carbons (Fsp3) is 0.150. The normalized spacial score (nSPS) is 11.9. The number of carbonyl (C=O) groups excluding carboxylic acids is 1. The molecule has 1 unspecified atom stereocenters. The lowest BCUT2D eigenvalue weighted by Crippen LogP contribution is -2.28. The predicted octanol–water partition coefficient (Wildman–Crippen LogP) is 3.21. The van der Waals surface area contributed by atoms with E-state index in [9.17, 15) is 4.79 Å². The molecule has 7 nitrogen and oxygen atoms in total.